The van der Waals surface area contributed by atoms with Crippen molar-refractivity contribution in [1.29, 1.82) is 0 Å². The van der Waals surface area contributed by atoms with Crippen LogP contribution in [0, 0.1) is 12.7 Å². The van der Waals surface area contributed by atoms with Crippen LogP contribution in [0.3, 0.4) is 0 Å². The second kappa shape index (κ2) is 10.5. The fourth-order valence-electron chi connectivity index (χ4n) is 4.83. The van der Waals surface area contributed by atoms with Gasteiger partial charge in [0.2, 0.25) is 0 Å². The number of aromatic hydroxyl groups is 1. The third-order valence-corrected chi connectivity index (χ3v) is 7.23. The van der Waals surface area contributed by atoms with Crippen LogP contribution < -0.4 is 10.9 Å². The number of anilines is 1. The highest BCUT2D eigenvalue weighted by atomic mass is 35.5. The first-order valence-electron chi connectivity index (χ1n) is 12.5. The van der Waals surface area contributed by atoms with Gasteiger partial charge in [-0.05, 0) is 67.8 Å². The summed E-state index contributed by atoms with van der Waals surface area (Å²) in [5.74, 6) is -0.606. The number of hydrogen-bond acceptors (Lipinski definition) is 6. The molecule has 1 fully saturated rings. The van der Waals surface area contributed by atoms with E-state index in [0.29, 0.717) is 51.0 Å². The lowest BCUT2D eigenvalue weighted by atomic mass is 10.0. The topological polar surface area (TPSA) is 94.1 Å². The van der Waals surface area contributed by atoms with Crippen LogP contribution >= 0.6 is 11.6 Å². The first-order chi connectivity index (χ1) is 17.8. The summed E-state index contributed by atoms with van der Waals surface area (Å²) >= 11 is 6.51. The number of likely N-dealkylation sites (tertiary alicyclic amines) is 1. The van der Waals surface area contributed by atoms with E-state index in [1.807, 2.05) is 12.1 Å². The fraction of sp³-hybridized carbons (Fsp3) is 0.321. The van der Waals surface area contributed by atoms with Crippen LogP contribution in [0.2, 0.25) is 5.02 Å². The highest BCUT2D eigenvalue weighted by Gasteiger charge is 2.19. The van der Waals surface area contributed by atoms with Gasteiger partial charge in [0, 0.05) is 37.3 Å². The lowest BCUT2D eigenvalue weighted by Crippen LogP contribution is -2.38. The molecule has 3 heterocycles. The summed E-state index contributed by atoms with van der Waals surface area (Å²) in [4.78, 5) is 27.1. The molecule has 37 heavy (non-hydrogen) atoms. The summed E-state index contributed by atoms with van der Waals surface area (Å²) in [5.41, 5.74) is 3.39. The third-order valence-electron chi connectivity index (χ3n) is 6.92. The molecule has 0 atom stereocenters. The fourth-order valence-corrected chi connectivity index (χ4v) is 5.05. The second-order valence-corrected chi connectivity index (χ2v) is 9.99. The zero-order chi connectivity index (χ0) is 26.1. The van der Waals surface area contributed by atoms with Gasteiger partial charge in [-0.15, -0.1) is 0 Å². The van der Waals surface area contributed by atoms with Gasteiger partial charge in [-0.25, -0.2) is 9.37 Å². The number of hydrogen-bond donors (Lipinski definition) is 3. The Morgan fingerprint density at radius 3 is 2.70 bits per heavy atom. The molecule has 0 radical (unpaired) electrons. The number of H-pyrrole nitrogens is 1. The van der Waals surface area contributed by atoms with Gasteiger partial charge in [-0.3, -0.25) is 9.78 Å². The van der Waals surface area contributed by atoms with Gasteiger partial charge in [-0.1, -0.05) is 24.6 Å². The molecule has 1 aliphatic rings. The summed E-state index contributed by atoms with van der Waals surface area (Å²) in [6, 6.07) is 10.3. The molecule has 0 spiro atoms. The van der Waals surface area contributed by atoms with E-state index in [1.54, 1.807) is 31.3 Å². The quantitative estimate of drug-likeness (QED) is 0.319. The van der Waals surface area contributed by atoms with Crippen molar-refractivity contribution in [2.75, 3.05) is 25.0 Å². The van der Waals surface area contributed by atoms with Crippen molar-refractivity contribution < 1.29 is 9.50 Å². The van der Waals surface area contributed by atoms with Crippen LogP contribution in [-0.4, -0.2) is 50.6 Å². The van der Waals surface area contributed by atoms with Gasteiger partial charge in [-0.2, -0.15) is 0 Å². The molecule has 2 aromatic heterocycles. The van der Waals surface area contributed by atoms with Gasteiger partial charge >= 0.3 is 0 Å². The maximum atomic E-state index is 13.9. The third kappa shape index (κ3) is 5.45. The predicted octanol–water partition coefficient (Wildman–Crippen LogP) is 5.28. The standard InChI is InChI=1S/C28H29ClFN5O2/c1-3-35-8-6-18(7-9-35)32-25-14-24-20(13-21(25)29)28(37)34-26(33-24)12-17-4-5-23(31-15-17)19-10-16(2)11-22(30)27(19)36/h4-5,10-11,13-15,18,32,36H,3,6-9,12H2,1-2H3,(H,33,34,37). The SMILES string of the molecule is CCN1CCC(Nc2cc3nc(Cc4ccc(-c5cc(C)cc(F)c5O)nc4)[nH]c(=O)c3cc2Cl)CC1. The molecule has 0 saturated carbocycles. The molecule has 5 rings (SSSR count). The van der Waals surface area contributed by atoms with Crippen LogP contribution in [-0.2, 0) is 6.42 Å². The number of pyridine rings is 1. The van der Waals surface area contributed by atoms with Crippen molar-refractivity contribution in [2.45, 2.75) is 39.2 Å². The van der Waals surface area contributed by atoms with E-state index < -0.39 is 11.6 Å². The number of aryl methyl sites for hydroxylation is 1. The van der Waals surface area contributed by atoms with Crippen LogP contribution in [0.25, 0.3) is 22.2 Å². The van der Waals surface area contributed by atoms with Crippen LogP contribution in [0.1, 0.15) is 36.7 Å². The van der Waals surface area contributed by atoms with E-state index in [1.165, 1.54) is 6.07 Å². The zero-order valence-electron chi connectivity index (χ0n) is 20.8. The van der Waals surface area contributed by atoms with Gasteiger partial charge in [0.25, 0.3) is 5.56 Å². The lowest BCUT2D eigenvalue weighted by Gasteiger charge is -2.32. The van der Waals surface area contributed by atoms with E-state index >= 15 is 0 Å². The van der Waals surface area contributed by atoms with Crippen LogP contribution in [0.15, 0.2) is 47.4 Å². The number of benzene rings is 2. The molecule has 192 valence electrons. The predicted molar refractivity (Wildman–Crippen MR) is 145 cm³/mol. The van der Waals surface area contributed by atoms with Crippen molar-refractivity contribution in [2.24, 2.45) is 0 Å². The molecule has 0 amide bonds. The molecule has 9 heteroatoms. The van der Waals surface area contributed by atoms with Gasteiger partial charge in [0.15, 0.2) is 11.6 Å². The smallest absolute Gasteiger partial charge is 0.258 e. The molecule has 0 aliphatic carbocycles. The van der Waals surface area contributed by atoms with Crippen molar-refractivity contribution in [3.8, 4) is 17.0 Å². The van der Waals surface area contributed by atoms with Crippen molar-refractivity contribution >= 4 is 28.2 Å². The monoisotopic (exact) mass is 521 g/mol. The number of nitrogens with zero attached hydrogens (tertiary/aromatic N) is 3. The number of nitrogens with one attached hydrogen (secondary N) is 2. The Labute approximate surface area is 219 Å². The van der Waals surface area contributed by atoms with E-state index in [9.17, 15) is 14.3 Å². The minimum atomic E-state index is -0.681. The maximum Gasteiger partial charge on any atom is 0.258 e. The van der Waals surface area contributed by atoms with E-state index in [-0.39, 0.29) is 5.56 Å². The largest absolute Gasteiger partial charge is 0.504 e. The van der Waals surface area contributed by atoms with E-state index in [2.05, 4.69) is 32.1 Å². The summed E-state index contributed by atoms with van der Waals surface area (Å²) < 4.78 is 13.9. The van der Waals surface area contributed by atoms with Crippen molar-refractivity contribution in [3.63, 3.8) is 0 Å². The number of aromatic nitrogens is 3. The van der Waals surface area contributed by atoms with E-state index in [4.69, 9.17) is 11.6 Å². The number of phenolic OH excluding ortho intramolecular Hbond substituents is 1. The number of rotatable bonds is 6. The van der Waals surface area contributed by atoms with Crippen LogP contribution in [0.5, 0.6) is 5.75 Å². The normalized spacial score (nSPS) is 14.8. The molecule has 4 aromatic rings. The number of aromatic amines is 1. The van der Waals surface area contributed by atoms with Crippen LogP contribution in [0.4, 0.5) is 10.1 Å². The number of phenols is 1. The molecular weight excluding hydrogens is 493 g/mol. The summed E-state index contributed by atoms with van der Waals surface area (Å²) in [7, 11) is 0. The Kier molecular flexibility index (Phi) is 7.13. The summed E-state index contributed by atoms with van der Waals surface area (Å²) in [6.07, 6.45) is 4.06. The molecule has 0 unspecified atom stereocenters. The number of piperidine rings is 1. The average Bonchev–Trinajstić information content (AvgIpc) is 2.88. The molecule has 3 N–H and O–H groups in total. The van der Waals surface area contributed by atoms with Gasteiger partial charge in [0.1, 0.15) is 5.82 Å². The molecule has 1 saturated heterocycles. The Balaban J connectivity index is 1.37. The maximum absolute atomic E-state index is 13.9. The molecule has 7 nitrogen and oxygen atoms in total. The first kappa shape index (κ1) is 25.2. The highest BCUT2D eigenvalue weighted by Crippen LogP contribution is 2.32. The van der Waals surface area contributed by atoms with Gasteiger partial charge in [0.05, 0.1) is 27.3 Å². The molecule has 0 bridgehead atoms. The molecular formula is C28H29ClFN5O2. The number of fused-ring (bicyclic) bond motifs is 1. The summed E-state index contributed by atoms with van der Waals surface area (Å²) in [5, 5.41) is 14.6. The number of halogens is 2. The zero-order valence-corrected chi connectivity index (χ0v) is 21.6. The Bertz CT molecular complexity index is 1500. The highest BCUT2D eigenvalue weighted by molar-refractivity contribution is 6.34. The Hall–Kier alpha value is -3.49. The van der Waals surface area contributed by atoms with Crippen molar-refractivity contribution in [1.82, 2.24) is 19.9 Å². The Morgan fingerprint density at radius 2 is 2.00 bits per heavy atom. The minimum absolute atomic E-state index is 0.255. The first-order valence-corrected chi connectivity index (χ1v) is 12.8. The summed E-state index contributed by atoms with van der Waals surface area (Å²) in [6.45, 7) is 7.09. The van der Waals surface area contributed by atoms with Crippen molar-refractivity contribution in [3.05, 3.63) is 80.7 Å². The van der Waals surface area contributed by atoms with Gasteiger partial charge < -0.3 is 20.3 Å². The lowest BCUT2D eigenvalue weighted by molar-refractivity contribution is 0.229. The molecule has 2 aromatic carbocycles. The van der Waals surface area contributed by atoms with E-state index in [0.717, 1.165) is 43.7 Å². The second-order valence-electron chi connectivity index (χ2n) is 9.59. The molecule has 1 aliphatic heterocycles. The minimum Gasteiger partial charge on any atom is -0.504 e. The average molecular weight is 522 g/mol. The Morgan fingerprint density at radius 1 is 1.22 bits per heavy atom.